The summed E-state index contributed by atoms with van der Waals surface area (Å²) < 4.78 is 34.8. The predicted molar refractivity (Wildman–Crippen MR) is 107 cm³/mol. The van der Waals surface area contributed by atoms with E-state index in [4.69, 9.17) is 4.74 Å². The standard InChI is InChI=1S/C22H25F2N3O3/c1-21(2)8-7-17-18(27(21)20(28)29)6-5-16(13-10-25-26(11-13)15-3-4-15)19(17)30-12-14-9-22(14,23)24/h5-6,10-11,14-15H,3-4,7-9,12H2,1-2H3,(H,28,29). The summed E-state index contributed by atoms with van der Waals surface area (Å²) in [4.78, 5) is 13.4. The second-order valence-electron chi connectivity index (χ2n) is 9.28. The fraction of sp³-hybridized carbons (Fsp3) is 0.545. The van der Waals surface area contributed by atoms with Gasteiger partial charge in [-0.15, -0.1) is 0 Å². The minimum atomic E-state index is -2.67. The lowest BCUT2D eigenvalue weighted by Gasteiger charge is -2.42. The van der Waals surface area contributed by atoms with E-state index in [1.807, 2.05) is 30.8 Å². The Kier molecular flexibility index (Phi) is 4.14. The number of amides is 1. The zero-order chi connectivity index (χ0) is 21.3. The second-order valence-corrected chi connectivity index (χ2v) is 9.28. The predicted octanol–water partition coefficient (Wildman–Crippen LogP) is 5.13. The molecule has 1 unspecified atom stereocenters. The number of ether oxygens (including phenoxy) is 1. The van der Waals surface area contributed by atoms with E-state index in [-0.39, 0.29) is 13.0 Å². The molecule has 1 atom stereocenters. The van der Waals surface area contributed by atoms with Crippen LogP contribution in [0.15, 0.2) is 24.5 Å². The van der Waals surface area contributed by atoms with Crippen molar-refractivity contribution in [3.8, 4) is 16.9 Å². The third-order valence-electron chi connectivity index (χ3n) is 6.48. The highest BCUT2D eigenvalue weighted by Crippen LogP contribution is 2.50. The molecule has 0 spiro atoms. The van der Waals surface area contributed by atoms with Crippen LogP contribution in [0.2, 0.25) is 0 Å². The first kappa shape index (κ1) is 19.3. The summed E-state index contributed by atoms with van der Waals surface area (Å²) in [5.41, 5.74) is 2.40. The van der Waals surface area contributed by atoms with Crippen LogP contribution in [-0.2, 0) is 6.42 Å². The molecule has 1 aromatic heterocycles. The summed E-state index contributed by atoms with van der Waals surface area (Å²) in [6.07, 6.45) is 5.98. The van der Waals surface area contributed by atoms with E-state index < -0.39 is 23.5 Å². The molecule has 2 aromatic rings. The van der Waals surface area contributed by atoms with Gasteiger partial charge in [0.1, 0.15) is 5.75 Å². The molecular formula is C22H25F2N3O3. The molecule has 2 saturated carbocycles. The molecule has 6 nitrogen and oxygen atoms in total. The summed E-state index contributed by atoms with van der Waals surface area (Å²) in [7, 11) is 0. The maximum Gasteiger partial charge on any atom is 0.412 e. The number of halogens is 2. The number of rotatable bonds is 5. The first-order chi connectivity index (χ1) is 14.2. The zero-order valence-corrected chi connectivity index (χ0v) is 17.1. The smallest absolute Gasteiger partial charge is 0.412 e. The number of fused-ring (bicyclic) bond motifs is 1. The Morgan fingerprint density at radius 2 is 2.07 bits per heavy atom. The fourth-order valence-corrected chi connectivity index (χ4v) is 4.34. The van der Waals surface area contributed by atoms with Gasteiger partial charge in [-0.05, 0) is 51.7 Å². The van der Waals surface area contributed by atoms with Gasteiger partial charge in [0, 0.05) is 34.8 Å². The maximum atomic E-state index is 13.5. The highest BCUT2D eigenvalue weighted by Gasteiger charge is 2.57. The molecule has 1 aromatic carbocycles. The summed E-state index contributed by atoms with van der Waals surface area (Å²) in [6, 6.07) is 4.05. The number of nitrogens with zero attached hydrogens (tertiary/aromatic N) is 3. The SMILES string of the molecule is CC1(C)CCc2c(ccc(-c3cnn(C4CC4)c3)c2OCC2CC2(F)F)N1C(=O)O. The Morgan fingerprint density at radius 1 is 1.33 bits per heavy atom. The minimum absolute atomic E-state index is 0.0797. The average Bonchev–Trinajstić information content (AvgIpc) is 3.56. The van der Waals surface area contributed by atoms with Gasteiger partial charge in [-0.1, -0.05) is 0 Å². The summed E-state index contributed by atoms with van der Waals surface area (Å²) in [5.74, 6) is -2.95. The number of anilines is 1. The Labute approximate surface area is 173 Å². The van der Waals surface area contributed by atoms with Crippen molar-refractivity contribution < 1.29 is 23.4 Å². The number of alkyl halides is 2. The number of carboxylic acid groups (broad SMARTS) is 1. The minimum Gasteiger partial charge on any atom is -0.492 e. The Balaban J connectivity index is 1.57. The Morgan fingerprint density at radius 3 is 2.70 bits per heavy atom. The summed E-state index contributed by atoms with van der Waals surface area (Å²) in [6.45, 7) is 3.70. The zero-order valence-electron chi connectivity index (χ0n) is 17.1. The molecule has 3 aliphatic rings. The van der Waals surface area contributed by atoms with Gasteiger partial charge < -0.3 is 9.84 Å². The second kappa shape index (κ2) is 6.43. The molecule has 1 N–H and O–H groups in total. The van der Waals surface area contributed by atoms with Gasteiger partial charge in [0.25, 0.3) is 5.92 Å². The average molecular weight is 417 g/mol. The van der Waals surface area contributed by atoms with Crippen LogP contribution < -0.4 is 9.64 Å². The number of benzene rings is 1. The Hall–Kier alpha value is -2.64. The molecule has 1 amide bonds. The van der Waals surface area contributed by atoms with E-state index in [2.05, 4.69) is 5.10 Å². The fourth-order valence-electron chi connectivity index (χ4n) is 4.34. The number of hydrogen-bond donors (Lipinski definition) is 1. The lowest BCUT2D eigenvalue weighted by Crippen LogP contribution is -2.50. The van der Waals surface area contributed by atoms with Gasteiger partial charge in [0.2, 0.25) is 0 Å². The molecule has 5 rings (SSSR count). The van der Waals surface area contributed by atoms with Crippen molar-refractivity contribution in [1.29, 1.82) is 0 Å². The number of hydrogen-bond acceptors (Lipinski definition) is 3. The van der Waals surface area contributed by atoms with E-state index in [0.29, 0.717) is 30.3 Å². The monoisotopic (exact) mass is 417 g/mol. The van der Waals surface area contributed by atoms with Crippen LogP contribution in [0.4, 0.5) is 19.3 Å². The lowest BCUT2D eigenvalue weighted by atomic mass is 9.85. The number of aromatic nitrogens is 2. The van der Waals surface area contributed by atoms with E-state index in [9.17, 15) is 18.7 Å². The highest BCUT2D eigenvalue weighted by molar-refractivity contribution is 5.92. The van der Waals surface area contributed by atoms with Crippen molar-refractivity contribution in [2.45, 2.75) is 63.5 Å². The molecule has 30 heavy (non-hydrogen) atoms. The Bertz CT molecular complexity index is 1010. The van der Waals surface area contributed by atoms with Crippen molar-refractivity contribution in [3.63, 3.8) is 0 Å². The van der Waals surface area contributed by atoms with Crippen LogP contribution in [0.3, 0.4) is 0 Å². The molecule has 2 fully saturated rings. The molecule has 8 heteroatoms. The van der Waals surface area contributed by atoms with Crippen molar-refractivity contribution in [2.75, 3.05) is 11.5 Å². The van der Waals surface area contributed by atoms with Crippen molar-refractivity contribution in [1.82, 2.24) is 9.78 Å². The molecule has 2 aliphatic carbocycles. The molecule has 160 valence electrons. The van der Waals surface area contributed by atoms with Crippen LogP contribution in [0, 0.1) is 5.92 Å². The lowest BCUT2D eigenvalue weighted by molar-refractivity contribution is 0.0855. The molecule has 1 aliphatic heterocycles. The van der Waals surface area contributed by atoms with Crippen molar-refractivity contribution in [2.24, 2.45) is 5.92 Å². The third kappa shape index (κ3) is 3.22. The van der Waals surface area contributed by atoms with Crippen LogP contribution in [-0.4, -0.2) is 39.0 Å². The van der Waals surface area contributed by atoms with E-state index in [0.717, 1.165) is 29.5 Å². The van der Waals surface area contributed by atoms with E-state index in [1.165, 1.54) is 4.90 Å². The summed E-state index contributed by atoms with van der Waals surface area (Å²) >= 11 is 0. The largest absolute Gasteiger partial charge is 0.492 e. The molecule has 2 heterocycles. The van der Waals surface area contributed by atoms with Crippen LogP contribution in [0.5, 0.6) is 5.75 Å². The van der Waals surface area contributed by atoms with E-state index >= 15 is 0 Å². The molecule has 0 bridgehead atoms. The van der Waals surface area contributed by atoms with Crippen molar-refractivity contribution >= 4 is 11.8 Å². The van der Waals surface area contributed by atoms with Crippen molar-refractivity contribution in [3.05, 3.63) is 30.1 Å². The maximum absolute atomic E-state index is 13.5. The van der Waals surface area contributed by atoms with Gasteiger partial charge in [0.05, 0.1) is 30.5 Å². The first-order valence-corrected chi connectivity index (χ1v) is 10.4. The van der Waals surface area contributed by atoms with Gasteiger partial charge >= 0.3 is 6.09 Å². The quantitative estimate of drug-likeness (QED) is 0.733. The topological polar surface area (TPSA) is 67.6 Å². The normalized spacial score (nSPS) is 23.7. The summed E-state index contributed by atoms with van der Waals surface area (Å²) in [5, 5.41) is 14.3. The van der Waals surface area contributed by atoms with Gasteiger partial charge in [-0.3, -0.25) is 9.58 Å². The van der Waals surface area contributed by atoms with Crippen LogP contribution >= 0.6 is 0 Å². The van der Waals surface area contributed by atoms with Gasteiger partial charge in [-0.25, -0.2) is 13.6 Å². The molecule has 0 saturated heterocycles. The molecular weight excluding hydrogens is 392 g/mol. The van der Waals surface area contributed by atoms with Crippen LogP contribution in [0.25, 0.3) is 11.1 Å². The van der Waals surface area contributed by atoms with E-state index in [1.54, 1.807) is 12.3 Å². The van der Waals surface area contributed by atoms with Crippen LogP contribution in [0.1, 0.15) is 51.1 Å². The van der Waals surface area contributed by atoms with Gasteiger partial charge in [-0.2, -0.15) is 5.10 Å². The molecule has 0 radical (unpaired) electrons. The number of carbonyl (C=O) groups is 1. The van der Waals surface area contributed by atoms with Gasteiger partial charge in [0.15, 0.2) is 0 Å². The first-order valence-electron chi connectivity index (χ1n) is 10.4. The third-order valence-corrected chi connectivity index (χ3v) is 6.48. The highest BCUT2D eigenvalue weighted by atomic mass is 19.3.